The van der Waals surface area contributed by atoms with Gasteiger partial charge in [-0.25, -0.2) is 19.2 Å². The second-order valence-corrected chi connectivity index (χ2v) is 11.7. The van der Waals surface area contributed by atoms with Crippen LogP contribution in [0.1, 0.15) is 66.1 Å². The molecule has 2 aromatic carbocycles. The highest BCUT2D eigenvalue weighted by Crippen LogP contribution is 2.47. The molecule has 9 nitrogen and oxygen atoms in total. The number of nitrogens with zero attached hydrogens (tertiary/aromatic N) is 3. The molecule has 2 heterocycles. The summed E-state index contributed by atoms with van der Waals surface area (Å²) in [6.07, 6.45) is 1.89. The number of fused-ring (bicyclic) bond motifs is 3. The number of carboxylic acid groups (broad SMARTS) is 1. The summed E-state index contributed by atoms with van der Waals surface area (Å²) in [4.78, 5) is 20.2. The van der Waals surface area contributed by atoms with Crippen LogP contribution >= 0.6 is 0 Å². The van der Waals surface area contributed by atoms with Crippen molar-refractivity contribution in [2.45, 2.75) is 69.6 Å². The number of hydrogen-bond donors (Lipinski definition) is 2. The van der Waals surface area contributed by atoms with Crippen LogP contribution in [0.25, 0.3) is 22.3 Å². The molecule has 3 fully saturated rings. The third-order valence-corrected chi connectivity index (χ3v) is 8.81. The van der Waals surface area contributed by atoms with Crippen molar-refractivity contribution >= 4 is 22.8 Å². The maximum Gasteiger partial charge on any atom is 0.573 e. The Labute approximate surface area is 248 Å². The van der Waals surface area contributed by atoms with E-state index in [-0.39, 0.29) is 64.4 Å². The molecule has 2 atom stereocenters. The van der Waals surface area contributed by atoms with E-state index in [9.17, 15) is 27.5 Å². The average molecular weight is 613 g/mol. The SMILES string of the molecule is O=C(O)c1cc(F)cc2nc(NC3C4CCC3CC(OCc3c(-c5ccccc5OC(F)(F)F)noc3C3CC3)C4)cnc12. The van der Waals surface area contributed by atoms with Crippen LogP contribution in [0.5, 0.6) is 5.75 Å². The molecular weight excluding hydrogens is 584 g/mol. The highest BCUT2D eigenvalue weighted by molar-refractivity contribution is 6.00. The van der Waals surface area contributed by atoms with Gasteiger partial charge >= 0.3 is 12.3 Å². The summed E-state index contributed by atoms with van der Waals surface area (Å²) in [6, 6.07) is 8.08. The Balaban J connectivity index is 1.06. The summed E-state index contributed by atoms with van der Waals surface area (Å²) in [6.45, 7) is 0.154. The topological polar surface area (TPSA) is 120 Å². The van der Waals surface area contributed by atoms with Crippen LogP contribution in [-0.2, 0) is 11.3 Å². The van der Waals surface area contributed by atoms with Crippen LogP contribution in [-0.4, -0.2) is 44.7 Å². The van der Waals surface area contributed by atoms with E-state index in [1.54, 1.807) is 6.07 Å². The van der Waals surface area contributed by atoms with Crippen molar-refractivity contribution < 1.29 is 41.5 Å². The van der Waals surface area contributed by atoms with Gasteiger partial charge in [-0.05, 0) is 68.6 Å². The number of hydrogen-bond acceptors (Lipinski definition) is 8. The smallest absolute Gasteiger partial charge is 0.478 e. The number of nitrogens with one attached hydrogen (secondary N) is 1. The van der Waals surface area contributed by atoms with E-state index in [0.717, 1.165) is 44.6 Å². The Morgan fingerprint density at radius 3 is 2.55 bits per heavy atom. The molecule has 2 N–H and O–H groups in total. The zero-order valence-corrected chi connectivity index (χ0v) is 23.3. The molecule has 7 rings (SSSR count). The summed E-state index contributed by atoms with van der Waals surface area (Å²) in [7, 11) is 0. The predicted molar refractivity (Wildman–Crippen MR) is 148 cm³/mol. The number of aromatic carboxylic acids is 1. The van der Waals surface area contributed by atoms with E-state index in [0.29, 0.717) is 22.8 Å². The molecule has 2 unspecified atom stereocenters. The Bertz CT molecular complexity index is 1710. The van der Waals surface area contributed by atoms with Gasteiger partial charge in [0.25, 0.3) is 0 Å². The lowest BCUT2D eigenvalue weighted by molar-refractivity contribution is -0.274. The van der Waals surface area contributed by atoms with Gasteiger partial charge < -0.3 is 24.4 Å². The maximum absolute atomic E-state index is 14.1. The lowest BCUT2D eigenvalue weighted by Gasteiger charge is -2.36. The molecule has 2 bridgehead atoms. The van der Waals surface area contributed by atoms with Gasteiger partial charge in [0, 0.05) is 29.2 Å². The Kier molecular flexibility index (Phi) is 7.14. The minimum Gasteiger partial charge on any atom is -0.478 e. The highest BCUT2D eigenvalue weighted by atomic mass is 19.4. The standard InChI is InChI=1S/C31H28F4N4O5/c32-18-11-21(30(40)41)28-23(12-18)37-25(13-36-28)38-26-16-7-8-17(26)10-19(9-16)42-14-22-27(39-44-29(22)15-5-6-15)20-3-1-2-4-24(20)43-31(33,34)35/h1-4,11-13,15-17,19,26H,5-10,14H2,(H,37,38)(H,40,41). The van der Waals surface area contributed by atoms with Gasteiger partial charge in [0.1, 0.15) is 34.4 Å². The minimum absolute atomic E-state index is 0.0723. The normalized spacial score (nSPS) is 23.2. The van der Waals surface area contributed by atoms with E-state index >= 15 is 0 Å². The van der Waals surface area contributed by atoms with Gasteiger partial charge in [-0.15, -0.1) is 13.2 Å². The van der Waals surface area contributed by atoms with Crippen LogP contribution in [0.3, 0.4) is 0 Å². The van der Waals surface area contributed by atoms with E-state index in [4.69, 9.17) is 9.26 Å². The second kappa shape index (κ2) is 11.0. The number of rotatable bonds is 9. The summed E-state index contributed by atoms with van der Waals surface area (Å²) in [5, 5.41) is 17.0. The van der Waals surface area contributed by atoms with E-state index in [2.05, 4.69) is 25.2 Å². The molecule has 0 spiro atoms. The van der Waals surface area contributed by atoms with Crippen molar-refractivity contribution in [3.05, 3.63) is 65.3 Å². The number of ether oxygens (including phenoxy) is 2. The zero-order chi connectivity index (χ0) is 30.6. The first-order chi connectivity index (χ1) is 21.1. The quantitative estimate of drug-likeness (QED) is 0.191. The fraction of sp³-hybridized carbons (Fsp3) is 0.419. The molecule has 0 amide bonds. The van der Waals surface area contributed by atoms with Crippen molar-refractivity contribution in [3.63, 3.8) is 0 Å². The number of para-hydroxylation sites is 1. The molecular formula is C31H28F4N4O5. The summed E-state index contributed by atoms with van der Waals surface area (Å²) in [5.74, 6) is -0.516. The van der Waals surface area contributed by atoms with Gasteiger partial charge in [0.05, 0.1) is 30.0 Å². The van der Waals surface area contributed by atoms with Crippen LogP contribution in [0, 0.1) is 17.7 Å². The fourth-order valence-electron chi connectivity index (χ4n) is 6.75. The fourth-order valence-corrected chi connectivity index (χ4v) is 6.75. The highest BCUT2D eigenvalue weighted by Gasteiger charge is 2.44. The molecule has 4 aromatic rings. The van der Waals surface area contributed by atoms with Gasteiger partial charge in [0.2, 0.25) is 0 Å². The summed E-state index contributed by atoms with van der Waals surface area (Å²) < 4.78 is 69.7. The van der Waals surface area contributed by atoms with Crippen molar-refractivity contribution in [1.29, 1.82) is 0 Å². The monoisotopic (exact) mass is 612 g/mol. The Morgan fingerprint density at radius 1 is 1.09 bits per heavy atom. The molecule has 44 heavy (non-hydrogen) atoms. The van der Waals surface area contributed by atoms with Crippen LogP contribution in [0.2, 0.25) is 0 Å². The first-order valence-corrected chi connectivity index (χ1v) is 14.5. The number of carboxylic acids is 1. The first-order valence-electron chi connectivity index (χ1n) is 14.5. The number of anilines is 1. The number of alkyl halides is 3. The molecule has 230 valence electrons. The Hall–Kier alpha value is -4.26. The van der Waals surface area contributed by atoms with Gasteiger partial charge in [0.15, 0.2) is 0 Å². The number of carbonyl (C=O) groups is 1. The molecule has 2 aromatic heterocycles. The van der Waals surface area contributed by atoms with Gasteiger partial charge in [-0.1, -0.05) is 17.3 Å². The van der Waals surface area contributed by atoms with Crippen molar-refractivity contribution in [1.82, 2.24) is 15.1 Å². The van der Waals surface area contributed by atoms with E-state index in [1.165, 1.54) is 30.5 Å². The number of aromatic nitrogens is 3. The molecule has 3 saturated carbocycles. The first kappa shape index (κ1) is 28.5. The zero-order valence-electron chi connectivity index (χ0n) is 23.3. The lowest BCUT2D eigenvalue weighted by Crippen LogP contribution is -2.39. The van der Waals surface area contributed by atoms with E-state index in [1.807, 2.05) is 0 Å². The van der Waals surface area contributed by atoms with Crippen molar-refractivity contribution in [3.8, 4) is 17.0 Å². The van der Waals surface area contributed by atoms with Crippen molar-refractivity contribution in [2.75, 3.05) is 5.32 Å². The van der Waals surface area contributed by atoms with Crippen LogP contribution < -0.4 is 10.1 Å². The Morgan fingerprint density at radius 2 is 1.84 bits per heavy atom. The van der Waals surface area contributed by atoms with Gasteiger partial charge in [-0.2, -0.15) is 0 Å². The number of halogens is 4. The molecule has 0 aliphatic heterocycles. The molecule has 0 saturated heterocycles. The minimum atomic E-state index is -4.85. The maximum atomic E-state index is 14.1. The second-order valence-electron chi connectivity index (χ2n) is 11.7. The van der Waals surface area contributed by atoms with Crippen molar-refractivity contribution in [2.24, 2.45) is 11.8 Å². The third-order valence-electron chi connectivity index (χ3n) is 8.81. The largest absolute Gasteiger partial charge is 0.573 e. The van der Waals surface area contributed by atoms with Gasteiger partial charge in [-0.3, -0.25) is 0 Å². The molecule has 13 heteroatoms. The predicted octanol–water partition coefficient (Wildman–Crippen LogP) is 7.08. The number of benzene rings is 2. The molecule has 3 aliphatic carbocycles. The summed E-state index contributed by atoms with van der Waals surface area (Å²) in [5.41, 5.74) is 1.18. The van der Waals surface area contributed by atoms with Crippen LogP contribution in [0.15, 0.2) is 47.1 Å². The van der Waals surface area contributed by atoms with E-state index < -0.39 is 18.1 Å². The van der Waals surface area contributed by atoms with Crippen LogP contribution in [0.4, 0.5) is 23.4 Å². The summed E-state index contributed by atoms with van der Waals surface area (Å²) >= 11 is 0. The third kappa shape index (κ3) is 5.68. The lowest BCUT2D eigenvalue weighted by atomic mass is 9.82. The molecule has 3 aliphatic rings. The molecule has 0 radical (unpaired) electrons. The average Bonchev–Trinajstić information content (AvgIpc) is 3.69.